The van der Waals surface area contributed by atoms with Gasteiger partial charge >= 0.3 is 6.36 Å². The van der Waals surface area contributed by atoms with Gasteiger partial charge in [-0.15, -0.1) is 24.5 Å². The number of aryl methyl sites for hydroxylation is 1. The summed E-state index contributed by atoms with van der Waals surface area (Å²) in [5, 5.41) is 0. The van der Waals surface area contributed by atoms with Gasteiger partial charge < -0.3 is 10.5 Å². The zero-order chi connectivity index (χ0) is 14.9. The zero-order valence-corrected chi connectivity index (χ0v) is 12.8. The molecule has 2 nitrogen and oxygen atoms in total. The Morgan fingerprint density at radius 1 is 1.30 bits per heavy atom. The van der Waals surface area contributed by atoms with E-state index in [1.165, 1.54) is 29.5 Å². The molecule has 1 aromatic heterocycles. The van der Waals surface area contributed by atoms with Crippen LogP contribution in [0.4, 0.5) is 13.2 Å². The Kier molecular flexibility index (Phi) is 4.41. The SMILES string of the molecule is Cc1cc(C(N)c2ccccc2OC(F)(F)F)sc1Br. The smallest absolute Gasteiger partial charge is 0.405 e. The predicted octanol–water partition coefficient (Wildman–Crippen LogP) is 4.77. The largest absolute Gasteiger partial charge is 0.573 e. The van der Waals surface area contributed by atoms with E-state index in [0.29, 0.717) is 5.56 Å². The number of alkyl halides is 3. The molecule has 2 aromatic rings. The number of halogens is 4. The van der Waals surface area contributed by atoms with E-state index in [2.05, 4.69) is 20.7 Å². The van der Waals surface area contributed by atoms with E-state index in [0.717, 1.165) is 14.2 Å². The van der Waals surface area contributed by atoms with Gasteiger partial charge in [-0.1, -0.05) is 18.2 Å². The molecule has 2 rings (SSSR count). The normalized spacial score (nSPS) is 13.3. The lowest BCUT2D eigenvalue weighted by molar-refractivity contribution is -0.274. The van der Waals surface area contributed by atoms with Gasteiger partial charge in [0.25, 0.3) is 0 Å². The molecule has 1 atom stereocenters. The van der Waals surface area contributed by atoms with Crippen molar-refractivity contribution in [1.29, 1.82) is 0 Å². The molecular formula is C13H11BrF3NOS. The summed E-state index contributed by atoms with van der Waals surface area (Å²) in [5.74, 6) is -0.269. The first-order valence-electron chi connectivity index (χ1n) is 5.64. The highest BCUT2D eigenvalue weighted by Gasteiger charge is 2.32. The fraction of sp³-hybridized carbons (Fsp3) is 0.231. The van der Waals surface area contributed by atoms with Crippen molar-refractivity contribution in [2.45, 2.75) is 19.3 Å². The summed E-state index contributed by atoms with van der Waals surface area (Å²) in [6.45, 7) is 1.90. The second-order valence-electron chi connectivity index (χ2n) is 4.17. The van der Waals surface area contributed by atoms with Gasteiger partial charge in [-0.25, -0.2) is 0 Å². The highest BCUT2D eigenvalue weighted by Crippen LogP contribution is 2.37. The van der Waals surface area contributed by atoms with Gasteiger partial charge in [-0.05, 0) is 40.5 Å². The van der Waals surface area contributed by atoms with Gasteiger partial charge in [0.05, 0.1) is 9.83 Å². The first kappa shape index (κ1) is 15.3. The summed E-state index contributed by atoms with van der Waals surface area (Å²) < 4.78 is 42.1. The molecular weight excluding hydrogens is 355 g/mol. The first-order chi connectivity index (χ1) is 9.28. The van der Waals surface area contributed by atoms with Crippen LogP contribution in [0.5, 0.6) is 5.75 Å². The van der Waals surface area contributed by atoms with E-state index in [1.54, 1.807) is 6.07 Å². The Balaban J connectivity index is 2.37. The number of ether oxygens (including phenoxy) is 1. The lowest BCUT2D eigenvalue weighted by Gasteiger charge is -2.17. The summed E-state index contributed by atoms with van der Waals surface area (Å²) >= 11 is 4.77. The van der Waals surface area contributed by atoms with Crippen molar-refractivity contribution in [3.63, 3.8) is 0 Å². The molecule has 0 saturated carbocycles. The molecule has 0 radical (unpaired) electrons. The minimum Gasteiger partial charge on any atom is -0.405 e. The Labute approximate surface area is 126 Å². The molecule has 0 bridgehead atoms. The van der Waals surface area contributed by atoms with Crippen molar-refractivity contribution >= 4 is 27.3 Å². The van der Waals surface area contributed by atoms with Crippen LogP contribution >= 0.6 is 27.3 Å². The topological polar surface area (TPSA) is 35.2 Å². The molecule has 0 aliphatic rings. The van der Waals surface area contributed by atoms with Gasteiger partial charge in [0.15, 0.2) is 0 Å². The monoisotopic (exact) mass is 365 g/mol. The second-order valence-corrected chi connectivity index (χ2v) is 6.57. The number of rotatable bonds is 3. The van der Waals surface area contributed by atoms with E-state index in [-0.39, 0.29) is 5.75 Å². The van der Waals surface area contributed by atoms with Crippen molar-refractivity contribution in [1.82, 2.24) is 0 Å². The Bertz CT molecular complexity index is 592. The van der Waals surface area contributed by atoms with E-state index in [4.69, 9.17) is 5.73 Å². The summed E-state index contributed by atoms with van der Waals surface area (Å²) in [5.41, 5.74) is 7.36. The van der Waals surface area contributed by atoms with E-state index < -0.39 is 12.4 Å². The highest BCUT2D eigenvalue weighted by molar-refractivity contribution is 9.11. The second kappa shape index (κ2) is 5.75. The average Bonchev–Trinajstić information content (AvgIpc) is 2.67. The van der Waals surface area contributed by atoms with Crippen LogP contribution in [0, 0.1) is 6.92 Å². The van der Waals surface area contributed by atoms with Crippen molar-refractivity contribution in [2.24, 2.45) is 5.73 Å². The van der Waals surface area contributed by atoms with Crippen molar-refractivity contribution in [2.75, 3.05) is 0 Å². The molecule has 20 heavy (non-hydrogen) atoms. The Morgan fingerprint density at radius 2 is 1.95 bits per heavy atom. The van der Waals surface area contributed by atoms with Crippen LogP contribution in [0.2, 0.25) is 0 Å². The molecule has 2 N–H and O–H groups in total. The number of para-hydroxylation sites is 1. The van der Waals surface area contributed by atoms with Crippen LogP contribution in [-0.4, -0.2) is 6.36 Å². The molecule has 1 heterocycles. The lowest BCUT2D eigenvalue weighted by atomic mass is 10.0. The third kappa shape index (κ3) is 3.53. The van der Waals surface area contributed by atoms with Gasteiger partial charge in [0.1, 0.15) is 5.75 Å². The van der Waals surface area contributed by atoms with Crippen molar-refractivity contribution < 1.29 is 17.9 Å². The predicted molar refractivity (Wildman–Crippen MR) is 75.9 cm³/mol. The van der Waals surface area contributed by atoms with E-state index >= 15 is 0 Å². The molecule has 0 spiro atoms. The van der Waals surface area contributed by atoms with Crippen molar-refractivity contribution in [3.05, 3.63) is 50.1 Å². The third-order valence-corrected chi connectivity index (χ3v) is 4.88. The number of hydrogen-bond donors (Lipinski definition) is 1. The Morgan fingerprint density at radius 3 is 2.50 bits per heavy atom. The van der Waals surface area contributed by atoms with Gasteiger partial charge in [-0.3, -0.25) is 0 Å². The highest BCUT2D eigenvalue weighted by atomic mass is 79.9. The molecule has 0 aliphatic heterocycles. The van der Waals surface area contributed by atoms with E-state index in [1.807, 2.05) is 13.0 Å². The molecule has 0 aliphatic carbocycles. The average molecular weight is 366 g/mol. The third-order valence-electron chi connectivity index (χ3n) is 2.66. The zero-order valence-electron chi connectivity index (χ0n) is 10.4. The van der Waals surface area contributed by atoms with Gasteiger partial charge in [0, 0.05) is 10.4 Å². The molecule has 1 aromatic carbocycles. The van der Waals surface area contributed by atoms with Crippen LogP contribution in [0.3, 0.4) is 0 Å². The molecule has 1 unspecified atom stereocenters. The summed E-state index contributed by atoms with van der Waals surface area (Å²) in [6, 6.07) is 7.10. The molecule has 0 saturated heterocycles. The lowest BCUT2D eigenvalue weighted by Crippen LogP contribution is -2.20. The number of hydrogen-bond acceptors (Lipinski definition) is 3. The van der Waals surface area contributed by atoms with Crippen LogP contribution in [0.15, 0.2) is 34.1 Å². The molecule has 7 heteroatoms. The van der Waals surface area contributed by atoms with E-state index in [9.17, 15) is 13.2 Å². The minimum atomic E-state index is -4.73. The number of nitrogens with two attached hydrogens (primary N) is 1. The van der Waals surface area contributed by atoms with Crippen molar-refractivity contribution in [3.8, 4) is 5.75 Å². The van der Waals surface area contributed by atoms with Gasteiger partial charge in [-0.2, -0.15) is 0 Å². The van der Waals surface area contributed by atoms with Crippen LogP contribution in [0.1, 0.15) is 22.0 Å². The molecule has 108 valence electrons. The maximum absolute atomic E-state index is 12.4. The van der Waals surface area contributed by atoms with Crippen LogP contribution in [-0.2, 0) is 0 Å². The minimum absolute atomic E-state index is 0.269. The fourth-order valence-electron chi connectivity index (χ4n) is 1.75. The molecule has 0 amide bonds. The molecule has 0 fully saturated rings. The maximum atomic E-state index is 12.4. The standard InChI is InChI=1S/C13H11BrF3NOS/c1-7-6-10(20-12(7)14)11(18)8-4-2-3-5-9(8)19-13(15,16)17/h2-6,11H,18H2,1H3. The summed E-state index contributed by atoms with van der Waals surface area (Å²) in [4.78, 5) is 0.771. The quantitative estimate of drug-likeness (QED) is 0.850. The van der Waals surface area contributed by atoms with Crippen LogP contribution in [0.25, 0.3) is 0 Å². The Hall–Kier alpha value is -1.05. The summed E-state index contributed by atoms with van der Waals surface area (Å²) in [6.07, 6.45) is -4.73. The maximum Gasteiger partial charge on any atom is 0.573 e. The fourth-order valence-corrected chi connectivity index (χ4v) is 3.34. The first-order valence-corrected chi connectivity index (χ1v) is 7.25. The number of thiophene rings is 1. The number of benzene rings is 1. The van der Waals surface area contributed by atoms with Gasteiger partial charge in [0.2, 0.25) is 0 Å². The summed E-state index contributed by atoms with van der Waals surface area (Å²) in [7, 11) is 0. The van der Waals surface area contributed by atoms with Crippen LogP contribution < -0.4 is 10.5 Å².